The molecule has 11 heavy (non-hydrogen) atoms. The predicted molar refractivity (Wildman–Crippen MR) is 38.1 cm³/mol. The van der Waals surface area contributed by atoms with E-state index in [1.165, 1.54) is 0 Å². The van der Waals surface area contributed by atoms with E-state index in [2.05, 4.69) is 10.2 Å². The summed E-state index contributed by atoms with van der Waals surface area (Å²) in [6.07, 6.45) is 0. The van der Waals surface area contributed by atoms with Crippen LogP contribution in [0.4, 0.5) is 0 Å². The van der Waals surface area contributed by atoms with Gasteiger partial charge in [-0.1, -0.05) is 5.10 Å². The molecular weight excluding hydrogens is 144 g/mol. The summed E-state index contributed by atoms with van der Waals surface area (Å²) in [6.45, 7) is 3.39. The van der Waals surface area contributed by atoms with Gasteiger partial charge in [-0.3, -0.25) is 4.57 Å². The molecule has 1 atom stereocenters. The molecule has 60 valence electrons. The minimum absolute atomic E-state index is 0.0713. The average molecular weight is 154 g/mol. The zero-order valence-corrected chi connectivity index (χ0v) is 6.32. The maximum Gasteiger partial charge on any atom is 0.317 e. The minimum atomic E-state index is -0.0713. The van der Waals surface area contributed by atoms with Crippen molar-refractivity contribution in [3.05, 3.63) is 5.82 Å². The Balaban J connectivity index is 2.42. The van der Waals surface area contributed by atoms with Gasteiger partial charge in [-0.15, -0.1) is 5.10 Å². The summed E-state index contributed by atoms with van der Waals surface area (Å²) in [5.74, 6) is 0.803. The summed E-state index contributed by atoms with van der Waals surface area (Å²) in [6, 6.07) is 0.523. The quantitative estimate of drug-likeness (QED) is 0.602. The van der Waals surface area contributed by atoms with E-state index in [0.717, 1.165) is 12.4 Å². The van der Waals surface area contributed by atoms with E-state index in [4.69, 9.17) is 10.5 Å². The smallest absolute Gasteiger partial charge is 0.317 e. The van der Waals surface area contributed by atoms with Gasteiger partial charge in [0.15, 0.2) is 5.82 Å². The lowest BCUT2D eigenvalue weighted by atomic mass is 10.3. The van der Waals surface area contributed by atoms with Gasteiger partial charge < -0.3 is 10.5 Å². The van der Waals surface area contributed by atoms with Gasteiger partial charge in [-0.2, -0.15) is 0 Å². The third kappa shape index (κ3) is 0.883. The number of hydrogen-bond donors (Lipinski definition) is 1. The van der Waals surface area contributed by atoms with Gasteiger partial charge in [-0.05, 0) is 6.92 Å². The molecule has 0 saturated heterocycles. The molecule has 0 spiro atoms. The van der Waals surface area contributed by atoms with Gasteiger partial charge in [-0.25, -0.2) is 0 Å². The van der Waals surface area contributed by atoms with Crippen LogP contribution in [-0.2, 0) is 6.54 Å². The fourth-order valence-electron chi connectivity index (χ4n) is 1.18. The topological polar surface area (TPSA) is 66.0 Å². The molecule has 1 aliphatic heterocycles. The summed E-state index contributed by atoms with van der Waals surface area (Å²) >= 11 is 0. The van der Waals surface area contributed by atoms with E-state index in [1.807, 2.05) is 11.5 Å². The van der Waals surface area contributed by atoms with Crippen LogP contribution in [0, 0.1) is 0 Å². The number of aromatic nitrogens is 3. The van der Waals surface area contributed by atoms with Crippen LogP contribution in [0.2, 0.25) is 0 Å². The number of hydrogen-bond acceptors (Lipinski definition) is 4. The molecule has 2 rings (SSSR count). The number of fused-ring (bicyclic) bond motifs is 1. The Morgan fingerprint density at radius 2 is 2.45 bits per heavy atom. The molecule has 5 heteroatoms. The Bertz CT molecular complexity index is 268. The molecule has 0 bridgehead atoms. The zero-order valence-electron chi connectivity index (χ0n) is 6.32. The first kappa shape index (κ1) is 6.60. The Labute approximate surface area is 64.2 Å². The molecule has 0 fully saturated rings. The predicted octanol–water partition coefficient (Wildman–Crippen LogP) is -0.310. The molecule has 1 aliphatic rings. The summed E-state index contributed by atoms with van der Waals surface area (Å²) in [7, 11) is 0. The van der Waals surface area contributed by atoms with Crippen LogP contribution in [0.3, 0.4) is 0 Å². The standard InChI is InChI=1S/C6H10N4O/c1-4(7)5-8-9-6-10(5)2-3-11-6/h4H,2-3,7H2,1H3. The molecule has 0 saturated carbocycles. The molecule has 5 nitrogen and oxygen atoms in total. The molecule has 2 heterocycles. The lowest BCUT2D eigenvalue weighted by Gasteiger charge is -2.02. The van der Waals surface area contributed by atoms with Gasteiger partial charge in [0, 0.05) is 0 Å². The van der Waals surface area contributed by atoms with E-state index in [9.17, 15) is 0 Å². The number of nitrogens with two attached hydrogens (primary N) is 1. The van der Waals surface area contributed by atoms with Crippen LogP contribution in [0.15, 0.2) is 0 Å². The first-order valence-corrected chi connectivity index (χ1v) is 3.60. The minimum Gasteiger partial charge on any atom is -0.462 e. The molecule has 1 aromatic rings. The van der Waals surface area contributed by atoms with Crippen molar-refractivity contribution in [1.82, 2.24) is 14.8 Å². The maximum absolute atomic E-state index is 5.65. The highest BCUT2D eigenvalue weighted by Crippen LogP contribution is 2.18. The number of nitrogens with zero attached hydrogens (tertiary/aromatic N) is 3. The van der Waals surface area contributed by atoms with Gasteiger partial charge in [0.25, 0.3) is 0 Å². The van der Waals surface area contributed by atoms with Crippen molar-refractivity contribution in [2.45, 2.75) is 19.5 Å². The van der Waals surface area contributed by atoms with E-state index >= 15 is 0 Å². The van der Waals surface area contributed by atoms with Crippen LogP contribution in [-0.4, -0.2) is 21.4 Å². The molecule has 0 aliphatic carbocycles. The van der Waals surface area contributed by atoms with Gasteiger partial charge in [0.2, 0.25) is 0 Å². The average Bonchev–Trinajstić information content (AvgIpc) is 2.41. The fraction of sp³-hybridized carbons (Fsp3) is 0.667. The third-order valence-corrected chi connectivity index (χ3v) is 1.70. The van der Waals surface area contributed by atoms with Crippen molar-refractivity contribution in [2.24, 2.45) is 5.73 Å². The van der Waals surface area contributed by atoms with Crippen molar-refractivity contribution in [3.8, 4) is 6.01 Å². The molecule has 1 unspecified atom stereocenters. The Hall–Kier alpha value is -1.10. The summed E-state index contributed by atoms with van der Waals surface area (Å²) in [4.78, 5) is 0. The van der Waals surface area contributed by atoms with Crippen molar-refractivity contribution in [1.29, 1.82) is 0 Å². The van der Waals surface area contributed by atoms with E-state index in [1.54, 1.807) is 0 Å². The second kappa shape index (κ2) is 2.20. The summed E-state index contributed by atoms with van der Waals surface area (Å²) < 4.78 is 7.07. The molecule has 1 aromatic heterocycles. The number of rotatable bonds is 1. The maximum atomic E-state index is 5.65. The Morgan fingerprint density at radius 1 is 1.64 bits per heavy atom. The van der Waals surface area contributed by atoms with Crippen molar-refractivity contribution in [2.75, 3.05) is 6.61 Å². The largest absolute Gasteiger partial charge is 0.462 e. The van der Waals surface area contributed by atoms with Crippen LogP contribution < -0.4 is 10.5 Å². The van der Waals surface area contributed by atoms with Crippen molar-refractivity contribution < 1.29 is 4.74 Å². The van der Waals surface area contributed by atoms with Crippen molar-refractivity contribution in [3.63, 3.8) is 0 Å². The monoisotopic (exact) mass is 154 g/mol. The second-order valence-corrected chi connectivity index (χ2v) is 2.63. The van der Waals surface area contributed by atoms with Crippen LogP contribution in [0.25, 0.3) is 0 Å². The summed E-state index contributed by atoms with van der Waals surface area (Å²) in [5, 5.41) is 7.73. The first-order chi connectivity index (χ1) is 5.29. The molecule has 0 aromatic carbocycles. The lowest BCUT2D eigenvalue weighted by Crippen LogP contribution is -2.12. The highest BCUT2D eigenvalue weighted by molar-refractivity contribution is 5.06. The van der Waals surface area contributed by atoms with E-state index in [0.29, 0.717) is 12.6 Å². The molecule has 2 N–H and O–H groups in total. The lowest BCUT2D eigenvalue weighted by molar-refractivity contribution is 0.341. The summed E-state index contributed by atoms with van der Waals surface area (Å²) in [5.41, 5.74) is 5.65. The van der Waals surface area contributed by atoms with Gasteiger partial charge in [0.1, 0.15) is 6.61 Å². The van der Waals surface area contributed by atoms with E-state index in [-0.39, 0.29) is 6.04 Å². The number of ether oxygens (including phenoxy) is 1. The van der Waals surface area contributed by atoms with Gasteiger partial charge >= 0.3 is 6.01 Å². The van der Waals surface area contributed by atoms with Gasteiger partial charge in [0.05, 0.1) is 12.6 Å². The first-order valence-electron chi connectivity index (χ1n) is 3.60. The van der Waals surface area contributed by atoms with Crippen LogP contribution in [0.5, 0.6) is 6.01 Å². The zero-order chi connectivity index (χ0) is 7.84. The molecule has 0 amide bonds. The van der Waals surface area contributed by atoms with Crippen molar-refractivity contribution >= 4 is 0 Å². The van der Waals surface area contributed by atoms with Crippen LogP contribution in [0.1, 0.15) is 18.8 Å². The Kier molecular flexibility index (Phi) is 1.32. The second-order valence-electron chi connectivity index (χ2n) is 2.63. The molecule has 0 radical (unpaired) electrons. The highest BCUT2D eigenvalue weighted by Gasteiger charge is 2.20. The molecular formula is C6H10N4O. The normalized spacial score (nSPS) is 17.6. The fourth-order valence-corrected chi connectivity index (χ4v) is 1.18. The van der Waals surface area contributed by atoms with E-state index < -0.39 is 0 Å². The third-order valence-electron chi connectivity index (χ3n) is 1.70. The van der Waals surface area contributed by atoms with Crippen LogP contribution >= 0.6 is 0 Å². The Morgan fingerprint density at radius 3 is 3.18 bits per heavy atom. The highest BCUT2D eigenvalue weighted by atomic mass is 16.5. The SMILES string of the molecule is CC(N)c1nnc2n1CCO2.